The van der Waals surface area contributed by atoms with Crippen molar-refractivity contribution in [1.82, 2.24) is 9.13 Å². The maximum atomic E-state index is 14.3. The van der Waals surface area contributed by atoms with Gasteiger partial charge in [0.05, 0.1) is 16.3 Å². The molecule has 0 saturated heterocycles. The van der Waals surface area contributed by atoms with Crippen molar-refractivity contribution in [3.8, 4) is 5.69 Å². The molecule has 0 spiro atoms. The topological polar surface area (TPSA) is 82.7 Å². The third-order valence-electron chi connectivity index (χ3n) is 3.73. The fourth-order valence-electron chi connectivity index (χ4n) is 2.03. The van der Waals surface area contributed by atoms with Crippen molar-refractivity contribution in [2.45, 2.75) is 20.0 Å². The zero-order chi connectivity index (χ0) is 21.4. The molecule has 0 aliphatic carbocycles. The van der Waals surface area contributed by atoms with Crippen LogP contribution in [0.5, 0.6) is 0 Å². The van der Waals surface area contributed by atoms with E-state index < -0.39 is 51.2 Å². The Morgan fingerprint density at radius 3 is 2.39 bits per heavy atom. The molecule has 7 nitrogen and oxygen atoms in total. The number of aryl methyl sites for hydroxylation is 1. The highest BCUT2D eigenvalue weighted by atomic mass is 35.5. The van der Waals surface area contributed by atoms with Crippen LogP contribution in [0.3, 0.4) is 0 Å². The lowest BCUT2D eigenvalue weighted by Crippen LogP contribution is -2.38. The quantitative estimate of drug-likeness (QED) is 0.330. The van der Waals surface area contributed by atoms with Gasteiger partial charge in [-0.15, -0.1) is 0 Å². The van der Waals surface area contributed by atoms with Crippen molar-refractivity contribution in [3.05, 3.63) is 61.1 Å². The minimum absolute atomic E-state index is 0.303. The van der Waals surface area contributed by atoms with Gasteiger partial charge in [-0.3, -0.25) is 4.79 Å². The standard InChI is InChI=1S/C16H12ClF4N3O4/c1-7-4-13(25)24(15(27)23(7)3)12-5-9(10(17)6-11(12)18)14(26)28-22-8(2)16(19,20)21/h4-6H,1-3H3. The largest absolute Gasteiger partial charge is 0.432 e. The van der Waals surface area contributed by atoms with E-state index in [0.717, 1.165) is 16.7 Å². The van der Waals surface area contributed by atoms with Crippen LogP contribution in [0.4, 0.5) is 17.6 Å². The summed E-state index contributed by atoms with van der Waals surface area (Å²) in [5.41, 5.74) is -4.14. The number of hydrogen-bond donors (Lipinski definition) is 0. The summed E-state index contributed by atoms with van der Waals surface area (Å²) in [5, 5.41) is 2.14. The number of hydrogen-bond acceptors (Lipinski definition) is 5. The van der Waals surface area contributed by atoms with Gasteiger partial charge in [-0.05, 0) is 26.0 Å². The molecule has 0 aliphatic rings. The molecule has 2 rings (SSSR count). The summed E-state index contributed by atoms with van der Waals surface area (Å²) in [6, 6.07) is 2.40. The van der Waals surface area contributed by atoms with E-state index in [1.807, 2.05) is 0 Å². The van der Waals surface area contributed by atoms with Crippen molar-refractivity contribution < 1.29 is 27.2 Å². The van der Waals surface area contributed by atoms with Crippen LogP contribution in [0.2, 0.25) is 5.02 Å². The van der Waals surface area contributed by atoms with E-state index in [1.54, 1.807) is 0 Å². The Morgan fingerprint density at radius 2 is 1.82 bits per heavy atom. The molecule has 0 aliphatic heterocycles. The highest BCUT2D eigenvalue weighted by molar-refractivity contribution is 6.33. The molecule has 1 aromatic heterocycles. The van der Waals surface area contributed by atoms with Crippen molar-refractivity contribution in [2.75, 3.05) is 0 Å². The predicted molar refractivity (Wildman–Crippen MR) is 91.6 cm³/mol. The highest BCUT2D eigenvalue weighted by Gasteiger charge is 2.33. The first-order valence-electron chi connectivity index (χ1n) is 7.46. The molecule has 1 heterocycles. The summed E-state index contributed by atoms with van der Waals surface area (Å²) in [7, 11) is 1.34. The molecule has 0 bridgehead atoms. The Morgan fingerprint density at radius 1 is 1.21 bits per heavy atom. The zero-order valence-electron chi connectivity index (χ0n) is 14.6. The fourth-order valence-corrected chi connectivity index (χ4v) is 2.26. The van der Waals surface area contributed by atoms with Crippen LogP contribution >= 0.6 is 11.6 Å². The van der Waals surface area contributed by atoms with Crippen LogP contribution in [-0.4, -0.2) is 27.0 Å². The first-order chi connectivity index (χ1) is 12.8. The van der Waals surface area contributed by atoms with Crippen molar-refractivity contribution in [3.63, 3.8) is 0 Å². The lowest BCUT2D eigenvalue weighted by Gasteiger charge is -2.12. The molecule has 0 fully saturated rings. The first kappa shape index (κ1) is 21.4. The summed E-state index contributed by atoms with van der Waals surface area (Å²) >= 11 is 5.74. The zero-order valence-corrected chi connectivity index (χ0v) is 15.4. The molecule has 150 valence electrons. The van der Waals surface area contributed by atoms with Crippen molar-refractivity contribution >= 4 is 23.3 Å². The van der Waals surface area contributed by atoms with E-state index in [0.29, 0.717) is 23.3 Å². The number of nitrogens with zero attached hydrogens (tertiary/aromatic N) is 3. The summed E-state index contributed by atoms with van der Waals surface area (Å²) in [4.78, 5) is 40.7. The van der Waals surface area contributed by atoms with Crippen LogP contribution < -0.4 is 11.2 Å². The summed E-state index contributed by atoms with van der Waals surface area (Å²) in [6.45, 7) is 2.05. The SMILES string of the molecule is CC(=NOC(=O)c1cc(-n2c(=O)cc(C)n(C)c2=O)c(F)cc1Cl)C(F)(F)F. The Bertz CT molecular complexity index is 1100. The summed E-state index contributed by atoms with van der Waals surface area (Å²) in [5.74, 6) is -2.55. The summed E-state index contributed by atoms with van der Waals surface area (Å²) < 4.78 is 53.0. The van der Waals surface area contributed by atoms with Crippen LogP contribution in [0.25, 0.3) is 5.69 Å². The second kappa shape index (κ2) is 7.58. The molecular formula is C16H12ClF4N3O4. The van der Waals surface area contributed by atoms with Crippen molar-refractivity contribution in [1.29, 1.82) is 0 Å². The van der Waals surface area contributed by atoms with Crippen LogP contribution in [0.1, 0.15) is 23.0 Å². The molecule has 0 unspecified atom stereocenters. The molecule has 0 radical (unpaired) electrons. The van der Waals surface area contributed by atoms with Gasteiger partial charge in [-0.25, -0.2) is 18.5 Å². The highest BCUT2D eigenvalue weighted by Crippen LogP contribution is 2.24. The number of halogens is 5. The van der Waals surface area contributed by atoms with Gasteiger partial charge < -0.3 is 9.40 Å². The van der Waals surface area contributed by atoms with Gasteiger partial charge in [0.25, 0.3) is 5.56 Å². The van der Waals surface area contributed by atoms with E-state index in [9.17, 15) is 31.9 Å². The van der Waals surface area contributed by atoms with Gasteiger partial charge in [-0.1, -0.05) is 16.8 Å². The lowest BCUT2D eigenvalue weighted by molar-refractivity contribution is -0.0617. The van der Waals surface area contributed by atoms with Gasteiger partial charge in [0.1, 0.15) is 5.82 Å². The monoisotopic (exact) mass is 421 g/mol. The molecule has 12 heteroatoms. The molecule has 0 saturated carbocycles. The van der Waals surface area contributed by atoms with E-state index in [4.69, 9.17) is 11.6 Å². The van der Waals surface area contributed by atoms with Crippen molar-refractivity contribution in [2.24, 2.45) is 12.2 Å². The van der Waals surface area contributed by atoms with Gasteiger partial charge in [0.2, 0.25) is 0 Å². The Labute approximate surface area is 159 Å². The molecule has 0 N–H and O–H groups in total. The van der Waals surface area contributed by atoms with E-state index in [2.05, 4.69) is 9.99 Å². The number of aromatic nitrogens is 2. The molecule has 2 aromatic rings. The molecule has 0 amide bonds. The van der Waals surface area contributed by atoms with Crippen LogP contribution in [0.15, 0.2) is 32.9 Å². The number of carbonyl (C=O) groups is 1. The minimum Gasteiger partial charge on any atom is -0.312 e. The Hall–Kier alpha value is -2.95. The Balaban J connectivity index is 2.59. The second-order valence-electron chi connectivity index (χ2n) is 5.64. The smallest absolute Gasteiger partial charge is 0.312 e. The molecule has 1 aromatic carbocycles. The van der Waals surface area contributed by atoms with Gasteiger partial charge in [0, 0.05) is 18.8 Å². The van der Waals surface area contributed by atoms with E-state index in [-0.39, 0.29) is 0 Å². The lowest BCUT2D eigenvalue weighted by atomic mass is 10.2. The maximum Gasteiger partial charge on any atom is 0.432 e. The molecule has 28 heavy (non-hydrogen) atoms. The number of rotatable bonds is 3. The summed E-state index contributed by atoms with van der Waals surface area (Å²) in [6.07, 6.45) is -4.82. The minimum atomic E-state index is -4.82. The molecule has 0 atom stereocenters. The second-order valence-corrected chi connectivity index (χ2v) is 6.04. The Kier molecular flexibility index (Phi) is 5.78. The predicted octanol–water partition coefficient (Wildman–Crippen LogP) is 2.73. The average molecular weight is 422 g/mol. The number of alkyl halides is 3. The van der Waals surface area contributed by atoms with Gasteiger partial charge in [0.15, 0.2) is 5.71 Å². The fraction of sp³-hybridized carbons (Fsp3) is 0.250. The normalized spacial score (nSPS) is 12.2. The van der Waals surface area contributed by atoms with E-state index in [1.165, 1.54) is 14.0 Å². The first-order valence-corrected chi connectivity index (χ1v) is 7.84. The van der Waals surface area contributed by atoms with Crippen LogP contribution in [-0.2, 0) is 11.9 Å². The van der Waals surface area contributed by atoms with Gasteiger partial charge >= 0.3 is 17.8 Å². The number of oxime groups is 1. The third-order valence-corrected chi connectivity index (χ3v) is 4.05. The maximum absolute atomic E-state index is 14.3. The average Bonchev–Trinajstić information content (AvgIpc) is 2.58. The number of benzene rings is 1. The van der Waals surface area contributed by atoms with E-state index >= 15 is 0 Å². The van der Waals surface area contributed by atoms with Crippen LogP contribution in [0, 0.1) is 12.7 Å². The van der Waals surface area contributed by atoms with Gasteiger partial charge in [-0.2, -0.15) is 13.2 Å². The molecular weight excluding hydrogens is 410 g/mol. The third kappa shape index (κ3) is 4.14. The number of carbonyl (C=O) groups excluding carboxylic acids is 1.